The van der Waals surface area contributed by atoms with Gasteiger partial charge >= 0.3 is 0 Å². The number of nitrogens with zero attached hydrogens (tertiary/aromatic N) is 3. The summed E-state index contributed by atoms with van der Waals surface area (Å²) in [5.74, 6) is 5.35. The first-order valence-corrected chi connectivity index (χ1v) is 6.40. The second-order valence-electron chi connectivity index (χ2n) is 4.58. The van der Waals surface area contributed by atoms with Crippen LogP contribution < -0.4 is 11.3 Å². The molecule has 0 heterocycles. The van der Waals surface area contributed by atoms with E-state index in [9.17, 15) is 9.59 Å². The lowest BCUT2D eigenvalue weighted by molar-refractivity contribution is -0.125. The van der Waals surface area contributed by atoms with Crippen molar-refractivity contribution in [2.24, 2.45) is 21.7 Å². The predicted octanol–water partition coefficient (Wildman–Crippen LogP) is 0.831. The van der Waals surface area contributed by atoms with Crippen molar-refractivity contribution in [1.29, 1.82) is 0 Å². The zero-order valence-electron chi connectivity index (χ0n) is 12.5. The fourth-order valence-electron chi connectivity index (χ4n) is 1.04. The normalized spacial score (nSPS) is 12.4. The minimum atomic E-state index is -0.481. The smallest absolute Gasteiger partial charge is 0.253 e. The zero-order valence-corrected chi connectivity index (χ0v) is 12.5. The van der Waals surface area contributed by atoms with Crippen LogP contribution in [0.1, 0.15) is 34.1 Å². The number of nitrogens with two attached hydrogens (primary N) is 1. The number of rotatable bonds is 8. The Hall–Kier alpha value is -2.02. The second kappa shape index (κ2) is 9.85. The van der Waals surface area contributed by atoms with Gasteiger partial charge in [-0.1, -0.05) is 13.8 Å². The number of hydrazine groups is 1. The molecule has 0 aliphatic heterocycles. The molecule has 0 rings (SSSR count). The third kappa shape index (κ3) is 7.42. The van der Waals surface area contributed by atoms with Crippen LogP contribution in [0.15, 0.2) is 21.4 Å². The first kappa shape index (κ1) is 18.0. The highest BCUT2D eigenvalue weighted by Crippen LogP contribution is 2.07. The SMILES string of the molecule is CCC(C)/C=N\C(/N=C\N(C=O)CC(=O)NN)=C(C)C. The molecule has 0 aliphatic carbocycles. The maximum absolute atomic E-state index is 11.1. The number of amides is 2. The lowest BCUT2D eigenvalue weighted by atomic mass is 10.1. The van der Waals surface area contributed by atoms with Gasteiger partial charge in [-0.05, 0) is 31.8 Å². The van der Waals surface area contributed by atoms with Crippen LogP contribution in [0.5, 0.6) is 0 Å². The number of aliphatic imine (C=N–C) groups is 2. The molecule has 112 valence electrons. The quantitative estimate of drug-likeness (QED) is 0.172. The summed E-state index contributed by atoms with van der Waals surface area (Å²) in [6.07, 6.45) is 4.57. The first-order valence-electron chi connectivity index (χ1n) is 6.40. The van der Waals surface area contributed by atoms with Crippen molar-refractivity contribution in [2.45, 2.75) is 34.1 Å². The van der Waals surface area contributed by atoms with E-state index in [4.69, 9.17) is 5.84 Å². The van der Waals surface area contributed by atoms with Crippen LogP contribution in [-0.4, -0.2) is 36.3 Å². The summed E-state index contributed by atoms with van der Waals surface area (Å²) in [7, 11) is 0. The lowest BCUT2D eigenvalue weighted by Crippen LogP contribution is -2.39. The van der Waals surface area contributed by atoms with Crippen molar-refractivity contribution >= 4 is 24.9 Å². The van der Waals surface area contributed by atoms with Crippen LogP contribution in [0.3, 0.4) is 0 Å². The maximum atomic E-state index is 11.1. The van der Waals surface area contributed by atoms with E-state index in [-0.39, 0.29) is 6.54 Å². The van der Waals surface area contributed by atoms with Gasteiger partial charge in [-0.3, -0.25) is 19.9 Å². The highest BCUT2D eigenvalue weighted by Gasteiger charge is 2.05. The van der Waals surface area contributed by atoms with E-state index in [2.05, 4.69) is 23.8 Å². The Morgan fingerprint density at radius 1 is 1.40 bits per heavy atom. The highest BCUT2D eigenvalue weighted by molar-refractivity contribution is 5.85. The standard InChI is InChI=1S/C13H23N5O2/c1-5-11(4)6-15-13(10(2)3)16-8-18(9-19)7-12(20)17-14/h6,8-9,11H,5,7,14H2,1-4H3,(H,17,20)/b15-6-,16-8-. The summed E-state index contributed by atoms with van der Waals surface area (Å²) in [6, 6.07) is 0. The van der Waals surface area contributed by atoms with Crippen molar-refractivity contribution in [3.63, 3.8) is 0 Å². The third-order valence-electron chi connectivity index (χ3n) is 2.49. The molecule has 0 aromatic rings. The van der Waals surface area contributed by atoms with E-state index < -0.39 is 5.91 Å². The van der Waals surface area contributed by atoms with Gasteiger partial charge in [-0.25, -0.2) is 15.8 Å². The fourth-order valence-corrected chi connectivity index (χ4v) is 1.04. The van der Waals surface area contributed by atoms with Crippen molar-refractivity contribution in [2.75, 3.05) is 6.54 Å². The van der Waals surface area contributed by atoms with E-state index in [0.717, 1.165) is 16.9 Å². The number of hydrogen-bond acceptors (Lipinski definition) is 5. The maximum Gasteiger partial charge on any atom is 0.253 e. The van der Waals surface area contributed by atoms with Gasteiger partial charge in [0.1, 0.15) is 6.54 Å². The van der Waals surface area contributed by atoms with Crippen LogP contribution >= 0.6 is 0 Å². The molecule has 7 heteroatoms. The van der Waals surface area contributed by atoms with Crippen LogP contribution in [0.2, 0.25) is 0 Å². The minimum absolute atomic E-state index is 0.186. The van der Waals surface area contributed by atoms with E-state index in [1.165, 1.54) is 6.34 Å². The number of carbonyl (C=O) groups excluding carboxylic acids is 2. The van der Waals surface area contributed by atoms with Gasteiger partial charge in [0.2, 0.25) is 6.41 Å². The lowest BCUT2D eigenvalue weighted by Gasteiger charge is -2.09. The number of nitrogens with one attached hydrogen (secondary N) is 1. The van der Waals surface area contributed by atoms with Gasteiger partial charge in [0.05, 0.1) is 6.34 Å². The molecule has 2 amide bonds. The number of hydrogen-bond donors (Lipinski definition) is 2. The Bertz CT molecular complexity index is 411. The van der Waals surface area contributed by atoms with Gasteiger partial charge in [0, 0.05) is 6.21 Å². The number of carbonyl (C=O) groups is 2. The van der Waals surface area contributed by atoms with Crippen molar-refractivity contribution in [3.8, 4) is 0 Å². The fraction of sp³-hybridized carbons (Fsp3) is 0.538. The molecule has 0 fully saturated rings. The molecule has 0 aromatic carbocycles. The average Bonchev–Trinajstić information content (AvgIpc) is 2.44. The topological polar surface area (TPSA) is 100 Å². The van der Waals surface area contributed by atoms with Gasteiger partial charge in [0.25, 0.3) is 5.91 Å². The molecule has 1 unspecified atom stereocenters. The molecule has 0 radical (unpaired) electrons. The highest BCUT2D eigenvalue weighted by atomic mass is 16.2. The first-order chi connectivity index (χ1) is 9.44. The van der Waals surface area contributed by atoms with Crippen molar-refractivity contribution in [1.82, 2.24) is 10.3 Å². The summed E-state index contributed by atoms with van der Waals surface area (Å²) >= 11 is 0. The minimum Gasteiger partial charge on any atom is -0.296 e. The molecule has 0 aromatic heterocycles. The van der Waals surface area contributed by atoms with Gasteiger partial charge < -0.3 is 0 Å². The third-order valence-corrected chi connectivity index (χ3v) is 2.49. The molecular formula is C13H23N5O2. The van der Waals surface area contributed by atoms with E-state index in [0.29, 0.717) is 18.1 Å². The number of allylic oxidation sites excluding steroid dienone is 1. The molecular weight excluding hydrogens is 258 g/mol. The largest absolute Gasteiger partial charge is 0.296 e. The summed E-state index contributed by atoms with van der Waals surface area (Å²) < 4.78 is 0. The Balaban J connectivity index is 4.86. The Kier molecular flexibility index (Phi) is 8.86. The molecule has 3 N–H and O–H groups in total. The zero-order chi connectivity index (χ0) is 15.5. The average molecular weight is 281 g/mol. The van der Waals surface area contributed by atoms with Crippen molar-refractivity contribution in [3.05, 3.63) is 11.4 Å². The molecule has 0 aliphatic rings. The molecule has 0 saturated heterocycles. The van der Waals surface area contributed by atoms with E-state index >= 15 is 0 Å². The second-order valence-corrected chi connectivity index (χ2v) is 4.58. The van der Waals surface area contributed by atoms with E-state index in [1.54, 1.807) is 0 Å². The summed E-state index contributed by atoms with van der Waals surface area (Å²) in [5, 5.41) is 0. The molecule has 0 saturated carbocycles. The Morgan fingerprint density at radius 2 is 2.05 bits per heavy atom. The van der Waals surface area contributed by atoms with Gasteiger partial charge in [-0.15, -0.1) is 0 Å². The van der Waals surface area contributed by atoms with Gasteiger partial charge in [-0.2, -0.15) is 0 Å². The monoisotopic (exact) mass is 281 g/mol. The summed E-state index contributed by atoms with van der Waals surface area (Å²) in [6.45, 7) is 7.69. The Labute approximate surface area is 119 Å². The molecule has 1 atom stereocenters. The summed E-state index contributed by atoms with van der Waals surface area (Å²) in [4.78, 5) is 31.4. The molecule has 0 spiro atoms. The molecule has 7 nitrogen and oxygen atoms in total. The Morgan fingerprint density at radius 3 is 2.50 bits per heavy atom. The molecule has 0 bridgehead atoms. The predicted molar refractivity (Wildman–Crippen MR) is 79.9 cm³/mol. The van der Waals surface area contributed by atoms with E-state index in [1.807, 2.05) is 25.5 Å². The van der Waals surface area contributed by atoms with Crippen LogP contribution in [0, 0.1) is 5.92 Å². The van der Waals surface area contributed by atoms with Crippen LogP contribution in [0.4, 0.5) is 0 Å². The van der Waals surface area contributed by atoms with Crippen LogP contribution in [0.25, 0.3) is 0 Å². The summed E-state index contributed by atoms with van der Waals surface area (Å²) in [5.41, 5.74) is 2.86. The molecule has 20 heavy (non-hydrogen) atoms. The van der Waals surface area contributed by atoms with Gasteiger partial charge in [0.15, 0.2) is 5.82 Å². The van der Waals surface area contributed by atoms with Crippen molar-refractivity contribution < 1.29 is 9.59 Å². The van der Waals surface area contributed by atoms with Crippen LogP contribution in [-0.2, 0) is 9.59 Å².